The van der Waals surface area contributed by atoms with E-state index < -0.39 is 30.5 Å². The van der Waals surface area contributed by atoms with Crippen molar-refractivity contribution in [2.45, 2.75) is 25.6 Å². The lowest BCUT2D eigenvalue weighted by molar-refractivity contribution is -0.161. The van der Waals surface area contributed by atoms with Crippen LogP contribution in [0.4, 0.5) is 13.2 Å². The van der Waals surface area contributed by atoms with Gasteiger partial charge in [0.2, 0.25) is 0 Å². The molecule has 0 radical (unpaired) electrons. The number of benzene rings is 1. The molecule has 20 heavy (non-hydrogen) atoms. The molecule has 0 bridgehead atoms. The van der Waals surface area contributed by atoms with Crippen LogP contribution in [0.3, 0.4) is 0 Å². The second kappa shape index (κ2) is 6.93. The van der Waals surface area contributed by atoms with Gasteiger partial charge in [0.15, 0.2) is 0 Å². The summed E-state index contributed by atoms with van der Waals surface area (Å²) in [4.78, 5) is 23.2. The Morgan fingerprint density at radius 3 is 2.35 bits per heavy atom. The Morgan fingerprint density at radius 1 is 1.25 bits per heavy atom. The zero-order chi connectivity index (χ0) is 15.2. The predicted octanol–water partition coefficient (Wildman–Crippen LogP) is 2.30. The lowest BCUT2D eigenvalue weighted by atomic mass is 10.1. The van der Waals surface area contributed by atoms with E-state index in [-0.39, 0.29) is 12.2 Å². The highest BCUT2D eigenvalue weighted by atomic mass is 19.4. The summed E-state index contributed by atoms with van der Waals surface area (Å²) in [5.74, 6) is -1.86. The lowest BCUT2D eigenvalue weighted by Crippen LogP contribution is -2.44. The van der Waals surface area contributed by atoms with Crippen LogP contribution in [0.25, 0.3) is 0 Å². The molecule has 1 atom stereocenters. The fourth-order valence-electron chi connectivity index (χ4n) is 1.50. The van der Waals surface area contributed by atoms with Crippen molar-refractivity contribution < 1.29 is 27.5 Å². The molecule has 0 heterocycles. The number of alkyl halides is 3. The molecule has 4 nitrogen and oxygen atoms in total. The SMILES string of the molecule is CCOC(=O)C(CC(F)(F)F)NC(=O)c1ccccc1. The molecule has 0 aliphatic heterocycles. The monoisotopic (exact) mass is 289 g/mol. The van der Waals surface area contributed by atoms with E-state index in [0.717, 1.165) is 0 Å². The molecule has 1 aromatic carbocycles. The molecular formula is C13H14F3NO3. The van der Waals surface area contributed by atoms with Gasteiger partial charge in [-0.1, -0.05) is 18.2 Å². The summed E-state index contributed by atoms with van der Waals surface area (Å²) in [6.45, 7) is 1.41. The van der Waals surface area contributed by atoms with Gasteiger partial charge < -0.3 is 10.1 Å². The van der Waals surface area contributed by atoms with E-state index >= 15 is 0 Å². The molecule has 0 aliphatic rings. The molecule has 0 saturated heterocycles. The number of rotatable bonds is 5. The number of nitrogens with one attached hydrogen (secondary N) is 1. The Labute approximate surface area is 113 Å². The van der Waals surface area contributed by atoms with E-state index in [2.05, 4.69) is 4.74 Å². The van der Waals surface area contributed by atoms with Crippen molar-refractivity contribution >= 4 is 11.9 Å². The van der Waals surface area contributed by atoms with E-state index in [1.807, 2.05) is 5.32 Å². The second-order valence-corrected chi connectivity index (χ2v) is 3.96. The van der Waals surface area contributed by atoms with Crippen molar-refractivity contribution in [3.8, 4) is 0 Å². The lowest BCUT2D eigenvalue weighted by Gasteiger charge is -2.18. The first-order valence-corrected chi connectivity index (χ1v) is 5.92. The topological polar surface area (TPSA) is 55.4 Å². The minimum atomic E-state index is -4.58. The largest absolute Gasteiger partial charge is 0.464 e. The van der Waals surface area contributed by atoms with Crippen molar-refractivity contribution in [3.05, 3.63) is 35.9 Å². The minimum Gasteiger partial charge on any atom is -0.464 e. The maximum atomic E-state index is 12.4. The predicted molar refractivity (Wildman–Crippen MR) is 65.0 cm³/mol. The van der Waals surface area contributed by atoms with E-state index in [1.165, 1.54) is 19.1 Å². The van der Waals surface area contributed by atoms with E-state index in [4.69, 9.17) is 0 Å². The van der Waals surface area contributed by atoms with Crippen LogP contribution < -0.4 is 5.32 Å². The minimum absolute atomic E-state index is 0.0611. The van der Waals surface area contributed by atoms with Crippen molar-refractivity contribution in [1.82, 2.24) is 5.32 Å². The number of hydrogen-bond donors (Lipinski definition) is 1. The quantitative estimate of drug-likeness (QED) is 0.846. The van der Waals surface area contributed by atoms with Crippen molar-refractivity contribution in [2.24, 2.45) is 0 Å². The number of halogens is 3. The third-order valence-corrected chi connectivity index (χ3v) is 2.35. The number of hydrogen-bond acceptors (Lipinski definition) is 3. The summed E-state index contributed by atoms with van der Waals surface area (Å²) in [6.07, 6.45) is -6.05. The standard InChI is InChI=1S/C13H14F3NO3/c1-2-20-12(19)10(8-13(14,15)16)17-11(18)9-6-4-3-5-7-9/h3-7,10H,2,8H2,1H3,(H,17,18). The first-order valence-electron chi connectivity index (χ1n) is 5.92. The van der Waals surface area contributed by atoms with Gasteiger partial charge in [-0.15, -0.1) is 0 Å². The fourth-order valence-corrected chi connectivity index (χ4v) is 1.50. The highest BCUT2D eigenvalue weighted by molar-refractivity contribution is 5.96. The highest BCUT2D eigenvalue weighted by Crippen LogP contribution is 2.22. The van der Waals surface area contributed by atoms with Gasteiger partial charge in [-0.2, -0.15) is 13.2 Å². The first kappa shape index (κ1) is 16.0. The Bertz CT molecular complexity index is 460. The number of esters is 1. The molecule has 0 aliphatic carbocycles. The fraction of sp³-hybridized carbons (Fsp3) is 0.385. The maximum absolute atomic E-state index is 12.4. The van der Waals surface area contributed by atoms with Crippen molar-refractivity contribution in [1.29, 1.82) is 0 Å². The first-order chi connectivity index (χ1) is 9.33. The van der Waals surface area contributed by atoms with Gasteiger partial charge in [-0.25, -0.2) is 4.79 Å². The summed E-state index contributed by atoms with van der Waals surface area (Å²) >= 11 is 0. The van der Waals surface area contributed by atoms with Gasteiger partial charge in [0.05, 0.1) is 13.0 Å². The summed E-state index contributed by atoms with van der Waals surface area (Å²) in [6, 6.07) is 5.92. The Hall–Kier alpha value is -2.05. The molecule has 0 spiro atoms. The van der Waals surface area contributed by atoms with Gasteiger partial charge in [0, 0.05) is 5.56 Å². The van der Waals surface area contributed by atoms with Crippen LogP contribution in [-0.4, -0.2) is 30.7 Å². The van der Waals surface area contributed by atoms with Gasteiger partial charge in [0.1, 0.15) is 6.04 Å². The molecule has 1 unspecified atom stereocenters. The third-order valence-electron chi connectivity index (χ3n) is 2.35. The Kier molecular flexibility index (Phi) is 5.54. The average molecular weight is 289 g/mol. The van der Waals surface area contributed by atoms with E-state index in [1.54, 1.807) is 18.2 Å². The van der Waals surface area contributed by atoms with E-state index in [0.29, 0.717) is 0 Å². The molecule has 110 valence electrons. The molecule has 0 saturated carbocycles. The highest BCUT2D eigenvalue weighted by Gasteiger charge is 2.37. The Balaban J connectivity index is 2.79. The van der Waals surface area contributed by atoms with Crippen molar-refractivity contribution in [3.63, 3.8) is 0 Å². The zero-order valence-corrected chi connectivity index (χ0v) is 10.7. The normalized spacial score (nSPS) is 12.6. The van der Waals surface area contributed by atoms with Crippen LogP contribution in [0.1, 0.15) is 23.7 Å². The van der Waals surface area contributed by atoms with E-state index in [9.17, 15) is 22.8 Å². The Morgan fingerprint density at radius 2 is 1.85 bits per heavy atom. The van der Waals surface area contributed by atoms with Crippen LogP contribution in [0.5, 0.6) is 0 Å². The number of ether oxygens (including phenoxy) is 1. The maximum Gasteiger partial charge on any atom is 0.391 e. The van der Waals surface area contributed by atoms with Gasteiger partial charge >= 0.3 is 12.1 Å². The zero-order valence-electron chi connectivity index (χ0n) is 10.7. The molecule has 1 rings (SSSR count). The molecule has 7 heteroatoms. The molecule has 0 aromatic heterocycles. The van der Waals surface area contributed by atoms with Crippen LogP contribution in [0, 0.1) is 0 Å². The summed E-state index contributed by atoms with van der Waals surface area (Å²) < 4.78 is 41.7. The number of carbonyl (C=O) groups is 2. The molecule has 1 aromatic rings. The average Bonchev–Trinajstić information content (AvgIpc) is 2.37. The molecule has 1 amide bonds. The van der Waals surface area contributed by atoms with Gasteiger partial charge in [0.25, 0.3) is 5.91 Å². The second-order valence-electron chi connectivity index (χ2n) is 3.96. The van der Waals surface area contributed by atoms with Crippen LogP contribution in [0.2, 0.25) is 0 Å². The third kappa shape index (κ3) is 5.29. The van der Waals surface area contributed by atoms with Crippen LogP contribution >= 0.6 is 0 Å². The summed E-state index contributed by atoms with van der Waals surface area (Å²) in [5.41, 5.74) is 0.170. The number of amides is 1. The van der Waals surface area contributed by atoms with Gasteiger partial charge in [-0.05, 0) is 19.1 Å². The van der Waals surface area contributed by atoms with Crippen molar-refractivity contribution in [2.75, 3.05) is 6.61 Å². The summed E-state index contributed by atoms with van der Waals surface area (Å²) in [7, 11) is 0. The molecular weight excluding hydrogens is 275 g/mol. The smallest absolute Gasteiger partial charge is 0.391 e. The number of carbonyl (C=O) groups excluding carboxylic acids is 2. The van der Waals surface area contributed by atoms with Crippen LogP contribution in [0.15, 0.2) is 30.3 Å². The van der Waals surface area contributed by atoms with Gasteiger partial charge in [-0.3, -0.25) is 4.79 Å². The molecule has 1 N–H and O–H groups in total. The van der Waals surface area contributed by atoms with Crippen LogP contribution in [-0.2, 0) is 9.53 Å². The summed E-state index contributed by atoms with van der Waals surface area (Å²) in [5, 5.41) is 2.04. The molecule has 0 fully saturated rings.